The molecule has 6 nitrogen and oxygen atoms in total. The number of nitrogens with zero attached hydrogens (tertiary/aromatic N) is 3. The Balaban J connectivity index is 1.65. The van der Waals surface area contributed by atoms with Crippen molar-refractivity contribution >= 4 is 28.7 Å². The predicted octanol–water partition coefficient (Wildman–Crippen LogP) is 1.16. The first-order valence-electron chi connectivity index (χ1n) is 7.82. The van der Waals surface area contributed by atoms with E-state index in [1.54, 1.807) is 6.20 Å². The SMILES string of the molecule is CCC1CN(C(=S)N/N=C2/CCNc3cccnc32)CCN1. The van der Waals surface area contributed by atoms with E-state index in [-0.39, 0.29) is 0 Å². The van der Waals surface area contributed by atoms with Crippen molar-refractivity contribution < 1.29 is 0 Å². The van der Waals surface area contributed by atoms with Crippen molar-refractivity contribution in [3.8, 4) is 0 Å². The minimum Gasteiger partial charge on any atom is -0.383 e. The Hall–Kier alpha value is -1.73. The van der Waals surface area contributed by atoms with Crippen molar-refractivity contribution in [1.29, 1.82) is 0 Å². The molecule has 3 rings (SSSR count). The van der Waals surface area contributed by atoms with Crippen LogP contribution in [0.2, 0.25) is 0 Å². The Labute approximate surface area is 136 Å². The number of hydrogen-bond donors (Lipinski definition) is 3. The quantitative estimate of drug-likeness (QED) is 0.562. The molecule has 1 atom stereocenters. The standard InChI is InChI=1S/C15H22N6S/c1-2-11-10-21(9-8-16-11)15(22)20-19-13-5-7-17-12-4-3-6-18-14(12)13/h3-4,6,11,16-17H,2,5,7-10H2,1H3,(H,20,22)/b19-13-. The van der Waals surface area contributed by atoms with Crippen LogP contribution in [0, 0.1) is 0 Å². The zero-order valence-electron chi connectivity index (χ0n) is 12.8. The first-order chi connectivity index (χ1) is 10.8. The van der Waals surface area contributed by atoms with E-state index >= 15 is 0 Å². The largest absolute Gasteiger partial charge is 0.383 e. The highest BCUT2D eigenvalue weighted by molar-refractivity contribution is 7.80. The van der Waals surface area contributed by atoms with Gasteiger partial charge in [0.2, 0.25) is 0 Å². The molecule has 3 N–H and O–H groups in total. The molecule has 1 saturated heterocycles. The van der Waals surface area contributed by atoms with Gasteiger partial charge in [-0.05, 0) is 30.8 Å². The predicted molar refractivity (Wildman–Crippen MR) is 93.3 cm³/mol. The molecule has 2 aliphatic heterocycles. The molecule has 0 aromatic carbocycles. The van der Waals surface area contributed by atoms with Crippen molar-refractivity contribution in [2.45, 2.75) is 25.8 Å². The molecule has 118 valence electrons. The van der Waals surface area contributed by atoms with E-state index in [0.29, 0.717) is 11.2 Å². The Morgan fingerprint density at radius 1 is 1.55 bits per heavy atom. The lowest BCUT2D eigenvalue weighted by molar-refractivity contribution is 0.284. The Kier molecular flexibility index (Phi) is 4.84. The summed E-state index contributed by atoms with van der Waals surface area (Å²) < 4.78 is 0. The summed E-state index contributed by atoms with van der Waals surface area (Å²) in [6.07, 6.45) is 3.75. The fourth-order valence-electron chi connectivity index (χ4n) is 2.79. The summed E-state index contributed by atoms with van der Waals surface area (Å²) in [7, 11) is 0. The second-order valence-corrected chi connectivity index (χ2v) is 5.94. The van der Waals surface area contributed by atoms with E-state index in [2.05, 4.69) is 38.0 Å². The van der Waals surface area contributed by atoms with Gasteiger partial charge in [-0.3, -0.25) is 10.4 Å². The number of aromatic nitrogens is 1. The molecule has 1 aromatic heterocycles. The zero-order valence-corrected chi connectivity index (χ0v) is 13.6. The van der Waals surface area contributed by atoms with Crippen LogP contribution in [0.5, 0.6) is 0 Å². The van der Waals surface area contributed by atoms with E-state index in [4.69, 9.17) is 12.2 Å². The van der Waals surface area contributed by atoms with Gasteiger partial charge in [0.25, 0.3) is 0 Å². The number of piperazine rings is 1. The highest BCUT2D eigenvalue weighted by Gasteiger charge is 2.20. The summed E-state index contributed by atoms with van der Waals surface area (Å²) in [6, 6.07) is 4.46. The van der Waals surface area contributed by atoms with Gasteiger partial charge in [0.05, 0.1) is 11.4 Å². The molecule has 1 aromatic rings. The average molecular weight is 318 g/mol. The second kappa shape index (κ2) is 7.02. The number of fused-ring (bicyclic) bond motifs is 1. The average Bonchev–Trinajstić information content (AvgIpc) is 2.59. The molecular weight excluding hydrogens is 296 g/mol. The van der Waals surface area contributed by atoms with Crippen LogP contribution in [0.1, 0.15) is 25.5 Å². The summed E-state index contributed by atoms with van der Waals surface area (Å²) in [6.45, 7) is 5.88. The molecule has 3 heterocycles. The Bertz CT molecular complexity index is 573. The maximum absolute atomic E-state index is 5.49. The Morgan fingerprint density at radius 2 is 2.45 bits per heavy atom. The van der Waals surface area contributed by atoms with E-state index in [0.717, 1.165) is 56.1 Å². The smallest absolute Gasteiger partial charge is 0.189 e. The van der Waals surface area contributed by atoms with Crippen LogP contribution in [0.3, 0.4) is 0 Å². The van der Waals surface area contributed by atoms with Gasteiger partial charge in [-0.25, -0.2) is 0 Å². The van der Waals surface area contributed by atoms with Gasteiger partial charge in [0.1, 0.15) is 5.69 Å². The van der Waals surface area contributed by atoms with Crippen LogP contribution in [-0.2, 0) is 0 Å². The number of rotatable bonds is 2. The van der Waals surface area contributed by atoms with Gasteiger partial charge in [0, 0.05) is 44.8 Å². The van der Waals surface area contributed by atoms with Gasteiger partial charge in [0.15, 0.2) is 5.11 Å². The van der Waals surface area contributed by atoms with Crippen molar-refractivity contribution in [3.05, 3.63) is 24.0 Å². The van der Waals surface area contributed by atoms with E-state index in [9.17, 15) is 0 Å². The summed E-state index contributed by atoms with van der Waals surface area (Å²) in [5.74, 6) is 0. The van der Waals surface area contributed by atoms with Gasteiger partial charge < -0.3 is 15.5 Å². The lowest BCUT2D eigenvalue weighted by Crippen LogP contribution is -2.54. The summed E-state index contributed by atoms with van der Waals surface area (Å²) in [5.41, 5.74) is 5.96. The van der Waals surface area contributed by atoms with Crippen LogP contribution in [0.25, 0.3) is 0 Å². The maximum Gasteiger partial charge on any atom is 0.189 e. The van der Waals surface area contributed by atoms with E-state index in [1.807, 2.05) is 12.1 Å². The highest BCUT2D eigenvalue weighted by atomic mass is 32.1. The third kappa shape index (κ3) is 3.36. The normalized spacial score (nSPS) is 22.9. The van der Waals surface area contributed by atoms with Crippen LogP contribution in [-0.4, -0.2) is 52.9 Å². The summed E-state index contributed by atoms with van der Waals surface area (Å²) in [4.78, 5) is 6.60. The van der Waals surface area contributed by atoms with Gasteiger partial charge in [-0.1, -0.05) is 6.92 Å². The number of anilines is 1. The summed E-state index contributed by atoms with van der Waals surface area (Å²) in [5, 5.41) is 12.0. The lowest BCUT2D eigenvalue weighted by Gasteiger charge is -2.34. The second-order valence-electron chi connectivity index (χ2n) is 5.56. The number of hydrogen-bond acceptors (Lipinski definition) is 5. The minimum absolute atomic E-state index is 0.502. The number of thiocarbonyl (C=S) groups is 1. The zero-order chi connectivity index (χ0) is 15.4. The number of pyridine rings is 1. The van der Waals surface area contributed by atoms with Crippen LogP contribution in [0.15, 0.2) is 23.4 Å². The molecule has 0 bridgehead atoms. The van der Waals surface area contributed by atoms with Crippen LogP contribution in [0.4, 0.5) is 5.69 Å². The molecule has 0 radical (unpaired) electrons. The molecule has 0 aliphatic carbocycles. The van der Waals surface area contributed by atoms with Crippen molar-refractivity contribution in [2.24, 2.45) is 5.10 Å². The Morgan fingerprint density at radius 3 is 3.32 bits per heavy atom. The highest BCUT2D eigenvalue weighted by Crippen LogP contribution is 2.18. The molecule has 0 spiro atoms. The molecule has 0 amide bonds. The topological polar surface area (TPSA) is 64.6 Å². The molecular formula is C15H22N6S. The number of nitrogens with one attached hydrogen (secondary N) is 3. The van der Waals surface area contributed by atoms with E-state index < -0.39 is 0 Å². The fraction of sp³-hybridized carbons (Fsp3) is 0.533. The van der Waals surface area contributed by atoms with Gasteiger partial charge >= 0.3 is 0 Å². The van der Waals surface area contributed by atoms with Crippen molar-refractivity contribution in [1.82, 2.24) is 20.6 Å². The molecule has 7 heteroatoms. The monoisotopic (exact) mass is 318 g/mol. The van der Waals surface area contributed by atoms with Crippen LogP contribution < -0.4 is 16.1 Å². The third-order valence-electron chi connectivity index (χ3n) is 4.08. The molecule has 1 fully saturated rings. The molecule has 1 unspecified atom stereocenters. The summed E-state index contributed by atoms with van der Waals surface area (Å²) >= 11 is 5.49. The fourth-order valence-corrected chi connectivity index (χ4v) is 3.00. The van der Waals surface area contributed by atoms with Crippen LogP contribution >= 0.6 is 12.2 Å². The van der Waals surface area contributed by atoms with E-state index in [1.165, 1.54) is 0 Å². The van der Waals surface area contributed by atoms with Crippen molar-refractivity contribution in [2.75, 3.05) is 31.5 Å². The maximum atomic E-state index is 5.49. The first kappa shape index (κ1) is 15.2. The van der Waals surface area contributed by atoms with Crippen molar-refractivity contribution in [3.63, 3.8) is 0 Å². The molecule has 22 heavy (non-hydrogen) atoms. The number of hydrazone groups is 1. The molecule has 0 saturated carbocycles. The minimum atomic E-state index is 0.502. The first-order valence-corrected chi connectivity index (χ1v) is 8.23. The molecule has 2 aliphatic rings. The third-order valence-corrected chi connectivity index (χ3v) is 4.43. The van der Waals surface area contributed by atoms with Gasteiger partial charge in [-0.2, -0.15) is 5.10 Å². The lowest BCUT2D eigenvalue weighted by atomic mass is 10.1. The van der Waals surface area contributed by atoms with Gasteiger partial charge in [-0.15, -0.1) is 0 Å².